The van der Waals surface area contributed by atoms with E-state index in [2.05, 4.69) is 10.5 Å². The molecule has 1 aromatic rings. The van der Waals surface area contributed by atoms with Gasteiger partial charge in [-0.2, -0.15) is 5.48 Å². The largest absolute Gasteiger partial charge is 0.409 e. The van der Waals surface area contributed by atoms with E-state index in [0.717, 1.165) is 11.6 Å². The number of pyridine rings is 1. The molecule has 0 aromatic carbocycles. The third kappa shape index (κ3) is 4.09. The van der Waals surface area contributed by atoms with Gasteiger partial charge in [-0.05, 0) is 0 Å². The predicted molar refractivity (Wildman–Crippen MR) is 59.6 cm³/mol. The first-order valence-corrected chi connectivity index (χ1v) is 4.71. The second kappa shape index (κ2) is 7.15. The van der Waals surface area contributed by atoms with Crippen LogP contribution in [0.2, 0.25) is 0 Å². The summed E-state index contributed by atoms with van der Waals surface area (Å²) in [4.78, 5) is 11.1. The molecule has 0 aliphatic carbocycles. The van der Waals surface area contributed by atoms with Crippen LogP contribution in [0, 0.1) is 0 Å². The lowest BCUT2D eigenvalue weighted by atomic mass is 10.4. The molecule has 0 atom stereocenters. The minimum absolute atomic E-state index is 0.760. The van der Waals surface area contributed by atoms with Gasteiger partial charge in [0.25, 0.3) is 0 Å². The summed E-state index contributed by atoms with van der Waals surface area (Å²) >= 11 is 0. The van der Waals surface area contributed by atoms with Crippen LogP contribution >= 0.6 is 0 Å². The van der Waals surface area contributed by atoms with Gasteiger partial charge < -0.3 is 9.74 Å². The fourth-order valence-electron chi connectivity index (χ4n) is 0.826. The predicted octanol–water partition coefficient (Wildman–Crippen LogP) is 1.69. The molecule has 4 heteroatoms. The van der Waals surface area contributed by atoms with Crippen molar-refractivity contribution >= 4 is 5.82 Å². The summed E-state index contributed by atoms with van der Waals surface area (Å²) in [6.07, 6.45) is 1.71. The Kier molecular flexibility index (Phi) is 6.49. The summed E-state index contributed by atoms with van der Waals surface area (Å²) in [5.74, 6) is 1.64. The van der Waals surface area contributed by atoms with E-state index in [-0.39, 0.29) is 0 Å². The first-order valence-electron chi connectivity index (χ1n) is 4.71. The normalized spacial score (nSPS) is 8.64. The van der Waals surface area contributed by atoms with Crippen LogP contribution in [0.15, 0.2) is 18.3 Å². The Morgan fingerprint density at radius 2 is 2.00 bits per heavy atom. The van der Waals surface area contributed by atoms with E-state index in [1.54, 1.807) is 19.3 Å². The molecule has 14 heavy (non-hydrogen) atoms. The number of nitrogens with zero attached hydrogens (tertiary/aromatic N) is 2. The van der Waals surface area contributed by atoms with Crippen molar-refractivity contribution in [3.05, 3.63) is 18.3 Å². The van der Waals surface area contributed by atoms with Gasteiger partial charge in [-0.1, -0.05) is 13.8 Å². The molecule has 0 aliphatic heterocycles. The topological polar surface area (TPSA) is 37.4 Å². The van der Waals surface area contributed by atoms with E-state index in [1.165, 1.54) is 0 Å². The van der Waals surface area contributed by atoms with Crippen molar-refractivity contribution in [3.63, 3.8) is 0 Å². The lowest BCUT2D eigenvalue weighted by molar-refractivity contribution is 0.223. The van der Waals surface area contributed by atoms with Crippen LogP contribution in [-0.4, -0.2) is 26.1 Å². The van der Waals surface area contributed by atoms with Crippen molar-refractivity contribution in [2.45, 2.75) is 13.8 Å². The maximum Gasteiger partial charge on any atom is 0.152 e. The number of hydrogen-bond acceptors (Lipinski definition) is 4. The Labute approximate surface area is 85.9 Å². The van der Waals surface area contributed by atoms with Crippen LogP contribution in [0.1, 0.15) is 13.8 Å². The summed E-state index contributed by atoms with van der Waals surface area (Å²) in [6.45, 7) is 4.00. The summed E-state index contributed by atoms with van der Waals surface area (Å²) in [5.41, 5.74) is 2.60. The molecule has 0 amide bonds. The number of aromatic nitrogens is 1. The van der Waals surface area contributed by atoms with E-state index in [4.69, 9.17) is 4.84 Å². The van der Waals surface area contributed by atoms with Crippen molar-refractivity contribution in [1.82, 2.24) is 10.5 Å². The van der Waals surface area contributed by atoms with Gasteiger partial charge in [0.05, 0.1) is 0 Å². The van der Waals surface area contributed by atoms with Gasteiger partial charge >= 0.3 is 0 Å². The molecule has 0 spiro atoms. The Morgan fingerprint density at radius 3 is 2.50 bits per heavy atom. The monoisotopic (exact) mass is 197 g/mol. The third-order valence-electron chi connectivity index (χ3n) is 1.40. The maximum absolute atomic E-state index is 5.08. The Bertz CT molecular complexity index is 251. The molecule has 0 saturated heterocycles. The molecular formula is C10H19N3O. The van der Waals surface area contributed by atoms with Crippen molar-refractivity contribution in [2.75, 3.05) is 26.0 Å². The molecule has 1 aromatic heterocycles. The van der Waals surface area contributed by atoms with E-state index in [0.29, 0.717) is 0 Å². The molecule has 0 aliphatic rings. The molecule has 0 radical (unpaired) electrons. The molecule has 80 valence electrons. The quantitative estimate of drug-likeness (QED) is 0.748. The Hall–Kier alpha value is -1.29. The second-order valence-electron chi connectivity index (χ2n) is 2.55. The zero-order chi connectivity index (χ0) is 11.0. The van der Waals surface area contributed by atoms with Crippen molar-refractivity contribution in [1.29, 1.82) is 0 Å². The highest BCUT2D eigenvalue weighted by molar-refractivity contribution is 5.41. The SMILES string of the molecule is CC.CNOc1ccnc(N(C)C)c1. The molecule has 1 heterocycles. The highest BCUT2D eigenvalue weighted by Gasteiger charge is 1.98. The molecule has 4 nitrogen and oxygen atoms in total. The zero-order valence-electron chi connectivity index (χ0n) is 9.53. The van der Waals surface area contributed by atoms with Gasteiger partial charge in [0.15, 0.2) is 5.75 Å². The standard InChI is InChI=1S/C8H13N3O.C2H6/c1-9-12-7-4-5-10-8(6-7)11(2)3;1-2/h4-6,9H,1-3H3;1-2H3. The highest BCUT2D eigenvalue weighted by atomic mass is 16.6. The summed E-state index contributed by atoms with van der Waals surface area (Å²) < 4.78 is 0. The minimum atomic E-state index is 0.760. The first kappa shape index (κ1) is 12.7. The lowest BCUT2D eigenvalue weighted by Crippen LogP contribution is -2.13. The molecule has 0 bridgehead atoms. The van der Waals surface area contributed by atoms with Gasteiger partial charge in [-0.25, -0.2) is 4.98 Å². The van der Waals surface area contributed by atoms with E-state index >= 15 is 0 Å². The fraction of sp³-hybridized carbons (Fsp3) is 0.500. The number of nitrogens with one attached hydrogen (secondary N) is 1. The average molecular weight is 197 g/mol. The van der Waals surface area contributed by atoms with Gasteiger partial charge in [-0.3, -0.25) is 0 Å². The Morgan fingerprint density at radius 1 is 1.36 bits per heavy atom. The summed E-state index contributed by atoms with van der Waals surface area (Å²) in [5, 5.41) is 0. The maximum atomic E-state index is 5.08. The van der Waals surface area contributed by atoms with Crippen LogP contribution in [0.4, 0.5) is 5.82 Å². The van der Waals surface area contributed by atoms with E-state index in [9.17, 15) is 0 Å². The van der Waals surface area contributed by atoms with Crippen LogP contribution in [0.5, 0.6) is 5.75 Å². The van der Waals surface area contributed by atoms with Gasteiger partial charge in [0, 0.05) is 39.5 Å². The summed E-state index contributed by atoms with van der Waals surface area (Å²) in [7, 11) is 5.59. The van der Waals surface area contributed by atoms with Crippen LogP contribution in [0.3, 0.4) is 0 Å². The fourth-order valence-corrected chi connectivity index (χ4v) is 0.826. The molecule has 1 N–H and O–H groups in total. The van der Waals surface area contributed by atoms with Crippen LogP contribution in [-0.2, 0) is 0 Å². The van der Waals surface area contributed by atoms with E-state index in [1.807, 2.05) is 38.9 Å². The number of hydrogen-bond donors (Lipinski definition) is 1. The van der Waals surface area contributed by atoms with Gasteiger partial charge in [-0.15, -0.1) is 0 Å². The van der Waals surface area contributed by atoms with Crippen LogP contribution < -0.4 is 15.2 Å². The van der Waals surface area contributed by atoms with Gasteiger partial charge in [0.1, 0.15) is 5.82 Å². The second-order valence-corrected chi connectivity index (χ2v) is 2.55. The third-order valence-corrected chi connectivity index (χ3v) is 1.40. The van der Waals surface area contributed by atoms with Crippen molar-refractivity contribution < 1.29 is 4.84 Å². The molecule has 0 unspecified atom stereocenters. The minimum Gasteiger partial charge on any atom is -0.409 e. The van der Waals surface area contributed by atoms with E-state index < -0.39 is 0 Å². The van der Waals surface area contributed by atoms with Crippen molar-refractivity contribution in [3.8, 4) is 5.75 Å². The van der Waals surface area contributed by atoms with Gasteiger partial charge in [0.2, 0.25) is 0 Å². The zero-order valence-corrected chi connectivity index (χ0v) is 9.53. The lowest BCUT2D eigenvalue weighted by Gasteiger charge is -2.11. The summed E-state index contributed by atoms with van der Waals surface area (Å²) in [6, 6.07) is 3.65. The molecule has 0 fully saturated rings. The van der Waals surface area contributed by atoms with Crippen LogP contribution in [0.25, 0.3) is 0 Å². The van der Waals surface area contributed by atoms with Crippen molar-refractivity contribution in [2.24, 2.45) is 0 Å². The average Bonchev–Trinajstić information content (AvgIpc) is 2.22. The molecular weight excluding hydrogens is 178 g/mol. The smallest absolute Gasteiger partial charge is 0.152 e. The first-order chi connectivity index (χ1) is 6.74. The number of rotatable bonds is 3. The molecule has 0 saturated carbocycles. The number of anilines is 1. The highest BCUT2D eigenvalue weighted by Crippen LogP contribution is 2.14. The Balaban J connectivity index is 0.000000791. The molecule has 1 rings (SSSR count). The number of hydroxylamine groups is 1.